The molecule has 0 bridgehead atoms. The number of aryl methyl sites for hydroxylation is 2. The van der Waals surface area contributed by atoms with E-state index in [1.807, 2.05) is 26.0 Å². The van der Waals surface area contributed by atoms with Crippen molar-refractivity contribution in [1.82, 2.24) is 5.32 Å². The maximum atomic E-state index is 12.2. The van der Waals surface area contributed by atoms with Gasteiger partial charge in [0.1, 0.15) is 5.58 Å². The first-order chi connectivity index (χ1) is 11.4. The summed E-state index contributed by atoms with van der Waals surface area (Å²) in [5.74, 6) is -0.224. The van der Waals surface area contributed by atoms with E-state index >= 15 is 0 Å². The number of rotatable bonds is 3. The molecule has 1 aromatic heterocycles. The lowest BCUT2D eigenvalue weighted by Gasteiger charge is -2.10. The minimum absolute atomic E-state index is 0.224. The Hall–Kier alpha value is -2.59. The highest BCUT2D eigenvalue weighted by molar-refractivity contribution is 6.30. The second-order valence-corrected chi connectivity index (χ2v) is 6.17. The molecule has 2 aromatic carbocycles. The van der Waals surface area contributed by atoms with Crippen LogP contribution in [0.4, 0.5) is 0 Å². The number of fused-ring (bicyclic) bond motifs is 1. The Bertz CT molecular complexity index is 974. The third kappa shape index (κ3) is 3.34. The summed E-state index contributed by atoms with van der Waals surface area (Å²) in [6.07, 6.45) is 0. The SMILES string of the molecule is Cc1cc(C)c2c(CNC(=O)c3ccc(Cl)cc3)cc(=O)oc2c1. The van der Waals surface area contributed by atoms with Crippen LogP contribution in [0.5, 0.6) is 0 Å². The van der Waals surface area contributed by atoms with E-state index in [-0.39, 0.29) is 12.5 Å². The first kappa shape index (κ1) is 16.3. The van der Waals surface area contributed by atoms with Crippen LogP contribution in [0.3, 0.4) is 0 Å². The number of nitrogens with one attached hydrogen (secondary N) is 1. The van der Waals surface area contributed by atoms with E-state index < -0.39 is 5.63 Å². The van der Waals surface area contributed by atoms with Crippen molar-refractivity contribution in [2.45, 2.75) is 20.4 Å². The van der Waals surface area contributed by atoms with Crippen molar-refractivity contribution in [3.63, 3.8) is 0 Å². The zero-order valence-corrected chi connectivity index (χ0v) is 14.1. The van der Waals surface area contributed by atoms with Crippen LogP contribution in [0.2, 0.25) is 5.02 Å². The molecule has 1 amide bonds. The molecule has 1 heterocycles. The summed E-state index contributed by atoms with van der Waals surface area (Å²) in [6, 6.07) is 11.9. The van der Waals surface area contributed by atoms with E-state index in [0.717, 1.165) is 22.1 Å². The molecule has 0 unspecified atom stereocenters. The minimum Gasteiger partial charge on any atom is -0.423 e. The molecule has 0 saturated heterocycles. The number of hydrogen-bond acceptors (Lipinski definition) is 3. The number of carbonyl (C=O) groups excluding carboxylic acids is 1. The Balaban J connectivity index is 1.91. The first-order valence-corrected chi connectivity index (χ1v) is 7.89. The van der Waals surface area contributed by atoms with Crippen LogP contribution in [0.25, 0.3) is 11.0 Å². The van der Waals surface area contributed by atoms with Crippen LogP contribution < -0.4 is 10.9 Å². The normalized spacial score (nSPS) is 10.8. The Kier molecular flexibility index (Phi) is 4.40. The molecule has 5 heteroatoms. The molecule has 0 radical (unpaired) electrons. The fraction of sp³-hybridized carbons (Fsp3) is 0.158. The predicted octanol–water partition coefficient (Wildman–Crippen LogP) is 3.99. The van der Waals surface area contributed by atoms with Gasteiger partial charge in [-0.1, -0.05) is 17.7 Å². The van der Waals surface area contributed by atoms with Gasteiger partial charge in [0.25, 0.3) is 5.91 Å². The molecule has 0 atom stereocenters. The highest BCUT2D eigenvalue weighted by Gasteiger charge is 2.11. The van der Waals surface area contributed by atoms with E-state index in [1.165, 1.54) is 6.07 Å². The van der Waals surface area contributed by atoms with Crippen molar-refractivity contribution in [2.24, 2.45) is 0 Å². The average Bonchev–Trinajstić information content (AvgIpc) is 2.52. The lowest BCUT2D eigenvalue weighted by Crippen LogP contribution is -2.23. The van der Waals surface area contributed by atoms with Gasteiger partial charge in [-0.25, -0.2) is 4.79 Å². The zero-order chi connectivity index (χ0) is 17.3. The Morgan fingerprint density at radius 1 is 1.12 bits per heavy atom. The summed E-state index contributed by atoms with van der Waals surface area (Å²) >= 11 is 5.83. The van der Waals surface area contributed by atoms with Crippen molar-refractivity contribution in [3.8, 4) is 0 Å². The maximum Gasteiger partial charge on any atom is 0.336 e. The number of benzene rings is 2. The van der Waals surface area contributed by atoms with Gasteiger partial charge in [0.05, 0.1) is 0 Å². The maximum absolute atomic E-state index is 12.2. The molecule has 4 nitrogen and oxygen atoms in total. The molecule has 3 rings (SSSR count). The highest BCUT2D eigenvalue weighted by Crippen LogP contribution is 2.23. The van der Waals surface area contributed by atoms with Crippen LogP contribution in [0.1, 0.15) is 27.0 Å². The lowest BCUT2D eigenvalue weighted by molar-refractivity contribution is 0.0951. The Morgan fingerprint density at radius 3 is 2.54 bits per heavy atom. The quantitative estimate of drug-likeness (QED) is 0.733. The first-order valence-electron chi connectivity index (χ1n) is 7.52. The summed E-state index contributed by atoms with van der Waals surface area (Å²) in [7, 11) is 0. The standard InChI is InChI=1S/C19H16ClNO3/c1-11-7-12(2)18-14(9-17(22)24-16(18)8-11)10-21-19(23)13-3-5-15(20)6-4-13/h3-9H,10H2,1-2H3,(H,21,23). The number of hydrogen-bond donors (Lipinski definition) is 1. The van der Waals surface area contributed by atoms with E-state index in [4.69, 9.17) is 16.0 Å². The summed E-state index contributed by atoms with van der Waals surface area (Å²) in [4.78, 5) is 24.0. The van der Waals surface area contributed by atoms with E-state index in [2.05, 4.69) is 5.32 Å². The average molecular weight is 342 g/mol. The molecule has 0 aliphatic heterocycles. The Morgan fingerprint density at radius 2 is 1.83 bits per heavy atom. The third-order valence-electron chi connectivity index (χ3n) is 3.81. The molecule has 0 aliphatic rings. The van der Waals surface area contributed by atoms with Gasteiger partial charge in [-0.05, 0) is 60.9 Å². The van der Waals surface area contributed by atoms with Crippen molar-refractivity contribution in [2.75, 3.05) is 0 Å². The van der Waals surface area contributed by atoms with Crippen LogP contribution in [-0.2, 0) is 6.54 Å². The topological polar surface area (TPSA) is 59.3 Å². The third-order valence-corrected chi connectivity index (χ3v) is 4.07. The second-order valence-electron chi connectivity index (χ2n) is 5.74. The molecule has 0 aliphatic carbocycles. The minimum atomic E-state index is -0.428. The van der Waals surface area contributed by atoms with Crippen molar-refractivity contribution in [3.05, 3.63) is 80.2 Å². The van der Waals surface area contributed by atoms with Gasteiger partial charge in [-0.3, -0.25) is 4.79 Å². The molecule has 0 spiro atoms. The van der Waals surface area contributed by atoms with Gasteiger partial charge in [-0.2, -0.15) is 0 Å². The van der Waals surface area contributed by atoms with Crippen molar-refractivity contribution < 1.29 is 9.21 Å². The summed E-state index contributed by atoms with van der Waals surface area (Å²) in [5, 5.41) is 4.26. The molecule has 24 heavy (non-hydrogen) atoms. The van der Waals surface area contributed by atoms with Crippen molar-refractivity contribution >= 4 is 28.5 Å². The fourth-order valence-electron chi connectivity index (χ4n) is 2.79. The molecule has 0 saturated carbocycles. The Labute approximate surface area is 144 Å². The van der Waals surface area contributed by atoms with Gasteiger partial charge < -0.3 is 9.73 Å². The van der Waals surface area contributed by atoms with E-state index in [9.17, 15) is 9.59 Å². The summed E-state index contributed by atoms with van der Waals surface area (Å²) < 4.78 is 5.29. The van der Waals surface area contributed by atoms with Gasteiger partial charge in [0.2, 0.25) is 0 Å². The van der Waals surface area contributed by atoms with Crippen LogP contribution in [-0.4, -0.2) is 5.91 Å². The predicted molar refractivity (Wildman–Crippen MR) is 94.6 cm³/mol. The van der Waals surface area contributed by atoms with Gasteiger partial charge in [0, 0.05) is 28.6 Å². The van der Waals surface area contributed by atoms with E-state index in [0.29, 0.717) is 16.2 Å². The molecule has 122 valence electrons. The van der Waals surface area contributed by atoms with Crippen LogP contribution in [0.15, 0.2) is 51.7 Å². The molecule has 3 aromatic rings. The van der Waals surface area contributed by atoms with E-state index in [1.54, 1.807) is 24.3 Å². The molecular weight excluding hydrogens is 326 g/mol. The monoisotopic (exact) mass is 341 g/mol. The lowest BCUT2D eigenvalue weighted by atomic mass is 10.0. The van der Waals surface area contributed by atoms with Crippen molar-refractivity contribution in [1.29, 1.82) is 0 Å². The summed E-state index contributed by atoms with van der Waals surface area (Å²) in [6.45, 7) is 4.15. The summed E-state index contributed by atoms with van der Waals surface area (Å²) in [5.41, 5.74) is 3.38. The number of carbonyl (C=O) groups is 1. The second kappa shape index (κ2) is 6.49. The van der Waals surface area contributed by atoms with Crippen LogP contribution >= 0.6 is 11.6 Å². The van der Waals surface area contributed by atoms with Gasteiger partial charge in [-0.15, -0.1) is 0 Å². The molecular formula is C19H16ClNO3. The fourth-order valence-corrected chi connectivity index (χ4v) is 2.92. The largest absolute Gasteiger partial charge is 0.423 e. The smallest absolute Gasteiger partial charge is 0.336 e. The van der Waals surface area contributed by atoms with Crippen LogP contribution in [0, 0.1) is 13.8 Å². The number of halogens is 1. The molecule has 1 N–H and O–H groups in total. The number of amides is 1. The molecule has 0 fully saturated rings. The van der Waals surface area contributed by atoms with Gasteiger partial charge in [0.15, 0.2) is 0 Å². The highest BCUT2D eigenvalue weighted by atomic mass is 35.5. The zero-order valence-electron chi connectivity index (χ0n) is 13.4. The van der Waals surface area contributed by atoms with Gasteiger partial charge >= 0.3 is 5.63 Å².